The summed E-state index contributed by atoms with van der Waals surface area (Å²) in [5.41, 5.74) is 0.533. The molecule has 1 N–H and O–H groups in total. The van der Waals surface area contributed by atoms with Crippen LogP contribution in [0.3, 0.4) is 0 Å². The third kappa shape index (κ3) is 3.78. The summed E-state index contributed by atoms with van der Waals surface area (Å²) in [5, 5.41) is 13.0. The van der Waals surface area contributed by atoms with Crippen molar-refractivity contribution in [1.29, 1.82) is 0 Å². The Morgan fingerprint density at radius 3 is 2.92 bits per heavy atom. The zero-order valence-corrected chi connectivity index (χ0v) is 13.8. The lowest BCUT2D eigenvalue weighted by Gasteiger charge is -2.32. The molecule has 0 aliphatic carbocycles. The summed E-state index contributed by atoms with van der Waals surface area (Å²) >= 11 is 0. The Balaban J connectivity index is 1.79. The number of piperidine rings is 1. The highest BCUT2D eigenvalue weighted by molar-refractivity contribution is 5.91. The first kappa shape index (κ1) is 16.9. The Hall–Kier alpha value is -2.90. The number of hydrogen-bond acceptors (Lipinski definition) is 5. The minimum absolute atomic E-state index is 0.00363. The van der Waals surface area contributed by atoms with E-state index < -0.39 is 5.97 Å². The lowest BCUT2D eigenvalue weighted by Crippen LogP contribution is -2.40. The third-order valence-corrected chi connectivity index (χ3v) is 4.26. The standard InChI is InChI=1S/C17H19N3O5/c1-11-7-13(21)8-15(25-11)17(24)19-6-2-3-12(9-19)14-4-5-18-20(14)10-16(22)23/h4-5,7-8,12H,2-3,6,9-10H2,1H3,(H,22,23)/t12-/m1/s1. The predicted octanol–water partition coefficient (Wildman–Crippen LogP) is 1.25. The van der Waals surface area contributed by atoms with Crippen molar-refractivity contribution in [2.24, 2.45) is 0 Å². The molecule has 0 unspecified atom stereocenters. The smallest absolute Gasteiger partial charge is 0.325 e. The molecule has 1 saturated heterocycles. The average Bonchev–Trinajstić information content (AvgIpc) is 3.00. The number of carbonyl (C=O) groups excluding carboxylic acids is 1. The number of carboxylic acids is 1. The van der Waals surface area contributed by atoms with Crippen LogP contribution in [-0.4, -0.2) is 44.8 Å². The molecule has 1 amide bonds. The number of aromatic nitrogens is 2. The summed E-state index contributed by atoms with van der Waals surface area (Å²) in [6.07, 6.45) is 3.19. The lowest BCUT2D eigenvalue weighted by atomic mass is 9.94. The molecule has 1 aliphatic rings. The van der Waals surface area contributed by atoms with Crippen LogP contribution in [0.2, 0.25) is 0 Å². The number of amides is 1. The van der Waals surface area contributed by atoms with Crippen LogP contribution in [-0.2, 0) is 11.3 Å². The zero-order valence-electron chi connectivity index (χ0n) is 13.8. The van der Waals surface area contributed by atoms with Gasteiger partial charge in [0.1, 0.15) is 12.3 Å². The van der Waals surface area contributed by atoms with Crippen LogP contribution in [0.25, 0.3) is 0 Å². The van der Waals surface area contributed by atoms with Crippen molar-refractivity contribution in [3.63, 3.8) is 0 Å². The average molecular weight is 345 g/mol. The molecular weight excluding hydrogens is 326 g/mol. The highest BCUT2D eigenvalue weighted by atomic mass is 16.4. The largest absolute Gasteiger partial charge is 0.480 e. The van der Waals surface area contributed by atoms with Crippen LogP contribution >= 0.6 is 0 Å². The third-order valence-electron chi connectivity index (χ3n) is 4.26. The normalized spacial score (nSPS) is 17.5. The van der Waals surface area contributed by atoms with Crippen LogP contribution in [0, 0.1) is 6.92 Å². The number of rotatable bonds is 4. The van der Waals surface area contributed by atoms with E-state index in [1.807, 2.05) is 0 Å². The van der Waals surface area contributed by atoms with Gasteiger partial charge in [-0.25, -0.2) is 0 Å². The first-order chi connectivity index (χ1) is 11.9. The van der Waals surface area contributed by atoms with Gasteiger partial charge in [0.05, 0.1) is 0 Å². The van der Waals surface area contributed by atoms with Gasteiger partial charge in [-0.15, -0.1) is 0 Å². The zero-order chi connectivity index (χ0) is 18.0. The van der Waals surface area contributed by atoms with Gasteiger partial charge < -0.3 is 14.4 Å². The molecule has 0 radical (unpaired) electrons. The molecule has 0 spiro atoms. The molecule has 0 bridgehead atoms. The summed E-state index contributed by atoms with van der Waals surface area (Å²) in [6, 6.07) is 4.32. The van der Waals surface area contributed by atoms with E-state index in [1.54, 1.807) is 24.1 Å². The topological polar surface area (TPSA) is 106 Å². The molecule has 25 heavy (non-hydrogen) atoms. The van der Waals surface area contributed by atoms with Gasteiger partial charge in [0.15, 0.2) is 11.2 Å². The van der Waals surface area contributed by atoms with Gasteiger partial charge in [-0.05, 0) is 25.8 Å². The maximum Gasteiger partial charge on any atom is 0.325 e. The van der Waals surface area contributed by atoms with E-state index in [0.717, 1.165) is 18.5 Å². The van der Waals surface area contributed by atoms with Crippen LogP contribution in [0.1, 0.15) is 40.8 Å². The molecule has 2 aromatic rings. The Morgan fingerprint density at radius 2 is 2.20 bits per heavy atom. The maximum atomic E-state index is 12.7. The fourth-order valence-electron chi connectivity index (χ4n) is 3.22. The predicted molar refractivity (Wildman–Crippen MR) is 87.5 cm³/mol. The molecule has 0 aromatic carbocycles. The molecule has 1 atom stereocenters. The summed E-state index contributed by atoms with van der Waals surface area (Å²) < 4.78 is 6.84. The summed E-state index contributed by atoms with van der Waals surface area (Å²) in [4.78, 5) is 36.9. The fraction of sp³-hybridized carbons (Fsp3) is 0.412. The number of hydrogen-bond donors (Lipinski definition) is 1. The Labute approximate surface area is 143 Å². The number of carbonyl (C=O) groups is 2. The summed E-state index contributed by atoms with van der Waals surface area (Å²) in [5.74, 6) is -0.866. The first-order valence-electron chi connectivity index (χ1n) is 8.08. The molecule has 2 aromatic heterocycles. The van der Waals surface area contributed by atoms with E-state index in [2.05, 4.69) is 5.10 Å². The van der Waals surface area contributed by atoms with Crippen LogP contribution in [0.15, 0.2) is 33.6 Å². The molecule has 8 nitrogen and oxygen atoms in total. The van der Waals surface area contributed by atoms with Crippen molar-refractivity contribution in [3.05, 3.63) is 51.8 Å². The van der Waals surface area contributed by atoms with Gasteiger partial charge in [-0.1, -0.05) is 0 Å². The molecule has 3 heterocycles. The highest BCUT2D eigenvalue weighted by Gasteiger charge is 2.29. The quantitative estimate of drug-likeness (QED) is 0.894. The van der Waals surface area contributed by atoms with E-state index in [4.69, 9.17) is 9.52 Å². The van der Waals surface area contributed by atoms with Gasteiger partial charge in [-0.3, -0.25) is 19.1 Å². The number of aliphatic carboxylic acids is 1. The van der Waals surface area contributed by atoms with Gasteiger partial charge in [0, 0.05) is 43.0 Å². The van der Waals surface area contributed by atoms with Crippen LogP contribution < -0.4 is 5.43 Å². The molecule has 0 saturated carbocycles. The molecule has 1 aliphatic heterocycles. The second-order valence-corrected chi connectivity index (χ2v) is 6.17. The van der Waals surface area contributed by atoms with Gasteiger partial charge in [-0.2, -0.15) is 5.10 Å². The minimum atomic E-state index is -0.963. The highest BCUT2D eigenvalue weighted by Crippen LogP contribution is 2.27. The van der Waals surface area contributed by atoms with Crippen LogP contribution in [0.4, 0.5) is 0 Å². The van der Waals surface area contributed by atoms with Crippen LogP contribution in [0.5, 0.6) is 0 Å². The SMILES string of the molecule is Cc1cc(=O)cc(C(=O)N2CCC[C@@H](c3ccnn3CC(=O)O)C2)o1. The molecular formula is C17H19N3O5. The molecule has 132 valence electrons. The number of nitrogens with zero attached hydrogens (tertiary/aromatic N) is 3. The van der Waals surface area contributed by atoms with E-state index in [-0.39, 0.29) is 29.6 Å². The number of carboxylic acid groups (broad SMARTS) is 1. The Kier molecular flexibility index (Phi) is 4.69. The first-order valence-corrected chi connectivity index (χ1v) is 8.08. The van der Waals surface area contributed by atoms with Crippen molar-refractivity contribution in [3.8, 4) is 0 Å². The van der Waals surface area contributed by atoms with Crippen molar-refractivity contribution in [2.45, 2.75) is 32.2 Å². The lowest BCUT2D eigenvalue weighted by molar-refractivity contribution is -0.137. The second kappa shape index (κ2) is 6.92. The van der Waals surface area contributed by atoms with Crippen molar-refractivity contribution < 1.29 is 19.1 Å². The van der Waals surface area contributed by atoms with E-state index >= 15 is 0 Å². The van der Waals surface area contributed by atoms with E-state index in [9.17, 15) is 14.4 Å². The van der Waals surface area contributed by atoms with Gasteiger partial charge >= 0.3 is 5.97 Å². The monoisotopic (exact) mass is 345 g/mol. The van der Waals surface area contributed by atoms with E-state index in [1.165, 1.54) is 16.8 Å². The van der Waals surface area contributed by atoms with Crippen molar-refractivity contribution in [2.75, 3.05) is 13.1 Å². The van der Waals surface area contributed by atoms with Gasteiger partial charge in [0.2, 0.25) is 0 Å². The summed E-state index contributed by atoms with van der Waals surface area (Å²) in [6.45, 7) is 2.42. The fourth-order valence-corrected chi connectivity index (χ4v) is 3.22. The number of aryl methyl sites for hydroxylation is 1. The Morgan fingerprint density at radius 1 is 1.40 bits per heavy atom. The summed E-state index contributed by atoms with van der Waals surface area (Å²) in [7, 11) is 0. The van der Waals surface area contributed by atoms with Crippen molar-refractivity contribution >= 4 is 11.9 Å². The molecule has 3 rings (SSSR count). The Bertz CT molecular complexity index is 854. The second-order valence-electron chi connectivity index (χ2n) is 6.17. The number of likely N-dealkylation sites (tertiary alicyclic amines) is 1. The maximum absolute atomic E-state index is 12.7. The van der Waals surface area contributed by atoms with E-state index in [0.29, 0.717) is 18.8 Å². The van der Waals surface area contributed by atoms with Crippen molar-refractivity contribution in [1.82, 2.24) is 14.7 Å². The molecule has 1 fully saturated rings. The molecule has 8 heteroatoms. The van der Waals surface area contributed by atoms with Gasteiger partial charge in [0.25, 0.3) is 5.91 Å². The minimum Gasteiger partial charge on any atom is -0.480 e.